The molecular weight excluding hydrogens is 320 g/mol. The summed E-state index contributed by atoms with van der Waals surface area (Å²) >= 11 is 0. The lowest BCUT2D eigenvalue weighted by Gasteiger charge is -2.35. The van der Waals surface area contributed by atoms with Crippen molar-refractivity contribution in [3.63, 3.8) is 0 Å². The van der Waals surface area contributed by atoms with Crippen molar-refractivity contribution in [1.82, 2.24) is 0 Å². The van der Waals surface area contributed by atoms with Crippen LogP contribution in [0.3, 0.4) is 0 Å². The first-order valence-electron chi connectivity index (χ1n) is 8.18. The molecule has 8 heteroatoms. The van der Waals surface area contributed by atoms with Crippen molar-refractivity contribution in [2.24, 2.45) is 0 Å². The first-order chi connectivity index (χ1) is 10.9. The van der Waals surface area contributed by atoms with E-state index in [9.17, 15) is 0 Å². The van der Waals surface area contributed by atoms with Gasteiger partial charge in [0, 0.05) is 27.4 Å². The Kier molecular flexibility index (Phi) is 9.79. The van der Waals surface area contributed by atoms with Crippen LogP contribution in [0.25, 0.3) is 0 Å². The Morgan fingerprint density at radius 3 is 1.65 bits per heavy atom. The number of hydrogen-bond acceptors (Lipinski definition) is 7. The van der Waals surface area contributed by atoms with Crippen LogP contribution in [-0.2, 0) is 32.2 Å². The van der Waals surface area contributed by atoms with Crippen molar-refractivity contribution in [1.29, 1.82) is 0 Å². The predicted molar refractivity (Wildman–Crippen MR) is 86.8 cm³/mol. The molecule has 0 aromatic heterocycles. The van der Waals surface area contributed by atoms with Gasteiger partial charge in [0.1, 0.15) is 18.9 Å². The summed E-state index contributed by atoms with van der Waals surface area (Å²) in [7, 11) is 1.76. The van der Waals surface area contributed by atoms with E-state index in [1.54, 1.807) is 21.3 Å². The summed E-state index contributed by atoms with van der Waals surface area (Å²) in [5, 5.41) is 0. The van der Waals surface area contributed by atoms with Crippen LogP contribution in [-0.4, -0.2) is 61.7 Å². The third-order valence-electron chi connectivity index (χ3n) is 3.69. The quantitative estimate of drug-likeness (QED) is 0.206. The van der Waals surface area contributed by atoms with Crippen LogP contribution >= 0.6 is 0 Å². The Bertz CT molecular complexity index is 283. The molecule has 0 saturated carbocycles. The van der Waals surface area contributed by atoms with Gasteiger partial charge < -0.3 is 32.2 Å². The van der Waals surface area contributed by atoms with E-state index in [0.717, 1.165) is 25.9 Å². The van der Waals surface area contributed by atoms with E-state index < -0.39 is 27.7 Å². The molecule has 1 fully saturated rings. The third kappa shape index (κ3) is 8.55. The highest BCUT2D eigenvalue weighted by molar-refractivity contribution is 6.60. The predicted octanol–water partition coefficient (Wildman–Crippen LogP) is 2.52. The van der Waals surface area contributed by atoms with Crippen molar-refractivity contribution < 1.29 is 32.2 Å². The van der Waals surface area contributed by atoms with E-state index in [2.05, 4.69) is 0 Å². The van der Waals surface area contributed by atoms with E-state index in [-0.39, 0.29) is 0 Å². The molecule has 4 atom stereocenters. The summed E-state index contributed by atoms with van der Waals surface area (Å²) in [5.74, 6) is 0. The van der Waals surface area contributed by atoms with Crippen LogP contribution in [0.1, 0.15) is 40.0 Å². The van der Waals surface area contributed by atoms with E-state index >= 15 is 0 Å². The monoisotopic (exact) mass is 352 g/mol. The largest absolute Gasteiger partial charge is 0.506 e. The van der Waals surface area contributed by atoms with Gasteiger partial charge in [-0.2, -0.15) is 0 Å². The van der Waals surface area contributed by atoms with Gasteiger partial charge in [-0.1, -0.05) is 6.42 Å². The van der Waals surface area contributed by atoms with Gasteiger partial charge in [-0.25, -0.2) is 0 Å². The number of epoxide rings is 1. The Labute approximate surface area is 140 Å². The molecule has 0 N–H and O–H groups in total. The van der Waals surface area contributed by atoms with Crippen LogP contribution in [0.4, 0.5) is 0 Å². The van der Waals surface area contributed by atoms with Crippen molar-refractivity contribution in [2.75, 3.05) is 27.9 Å². The fourth-order valence-electron chi connectivity index (χ4n) is 2.11. The maximum absolute atomic E-state index is 6.04. The zero-order chi connectivity index (χ0) is 17.3. The van der Waals surface area contributed by atoms with Crippen molar-refractivity contribution in [2.45, 2.75) is 71.1 Å². The molecule has 0 aromatic rings. The molecule has 23 heavy (non-hydrogen) atoms. The molecule has 1 aliphatic rings. The Balaban J connectivity index is 2.70. The number of hydrogen-bond donors (Lipinski definition) is 0. The Morgan fingerprint density at radius 1 is 0.870 bits per heavy atom. The summed E-state index contributed by atoms with van der Waals surface area (Å²) in [6.45, 7) is 6.35. The number of rotatable bonds is 14. The lowest BCUT2D eigenvalue weighted by atomic mass is 10.2. The molecular formula is C15H32O7Si. The summed E-state index contributed by atoms with van der Waals surface area (Å²) in [5.41, 5.74) is 0. The van der Waals surface area contributed by atoms with Crippen LogP contribution in [0.15, 0.2) is 0 Å². The average Bonchev–Trinajstić information content (AvgIpc) is 3.35. The van der Waals surface area contributed by atoms with E-state index in [1.165, 1.54) is 0 Å². The molecule has 1 saturated heterocycles. The highest BCUT2D eigenvalue weighted by Crippen LogP contribution is 2.26. The van der Waals surface area contributed by atoms with Gasteiger partial charge in [-0.3, -0.25) is 0 Å². The van der Waals surface area contributed by atoms with Crippen molar-refractivity contribution in [3.8, 4) is 0 Å². The number of ether oxygens (including phenoxy) is 4. The standard InChI is InChI=1S/C15H32O7Si/c1-12(16-4)20-23(21-13(2)17-5,22-14(3)18-6)10-8-7-9-15-11-19-15/h12-15H,7-11H2,1-6H3. The van der Waals surface area contributed by atoms with Gasteiger partial charge >= 0.3 is 8.80 Å². The van der Waals surface area contributed by atoms with Crippen LogP contribution in [0.5, 0.6) is 0 Å². The summed E-state index contributed by atoms with van der Waals surface area (Å²) in [4.78, 5) is 0. The fourth-order valence-corrected chi connectivity index (χ4v) is 5.12. The SMILES string of the molecule is COC(C)O[Si](CCCCC1CO1)(OC(C)OC)OC(C)OC. The molecule has 1 aliphatic heterocycles. The van der Waals surface area contributed by atoms with Crippen LogP contribution in [0, 0.1) is 0 Å². The molecule has 7 nitrogen and oxygen atoms in total. The lowest BCUT2D eigenvalue weighted by molar-refractivity contribution is -0.163. The van der Waals surface area contributed by atoms with Gasteiger partial charge in [0.25, 0.3) is 0 Å². The lowest BCUT2D eigenvalue weighted by Crippen LogP contribution is -2.52. The van der Waals surface area contributed by atoms with Crippen LogP contribution in [0.2, 0.25) is 6.04 Å². The number of unbranched alkanes of at least 4 members (excludes halogenated alkanes) is 1. The molecule has 0 amide bonds. The minimum absolute atomic E-state index is 0.429. The first kappa shape index (κ1) is 21.0. The second-order valence-electron chi connectivity index (χ2n) is 5.65. The smallest absolute Gasteiger partial charge is 0.373 e. The molecule has 138 valence electrons. The van der Waals surface area contributed by atoms with E-state index in [1.807, 2.05) is 20.8 Å². The molecule has 0 aromatic carbocycles. The van der Waals surface area contributed by atoms with Crippen molar-refractivity contribution in [3.05, 3.63) is 0 Å². The topological polar surface area (TPSA) is 67.9 Å². The molecule has 0 radical (unpaired) electrons. The molecule has 4 unspecified atom stereocenters. The van der Waals surface area contributed by atoms with Crippen LogP contribution < -0.4 is 0 Å². The van der Waals surface area contributed by atoms with E-state index in [4.69, 9.17) is 32.2 Å². The van der Waals surface area contributed by atoms with Gasteiger partial charge in [0.2, 0.25) is 0 Å². The van der Waals surface area contributed by atoms with Gasteiger partial charge in [0.05, 0.1) is 12.7 Å². The molecule has 1 rings (SSSR count). The minimum Gasteiger partial charge on any atom is -0.373 e. The molecule has 0 spiro atoms. The normalized spacial score (nSPS) is 24.0. The maximum Gasteiger partial charge on any atom is 0.506 e. The third-order valence-corrected chi connectivity index (χ3v) is 6.73. The zero-order valence-corrected chi connectivity index (χ0v) is 16.2. The highest BCUT2D eigenvalue weighted by Gasteiger charge is 2.46. The van der Waals surface area contributed by atoms with E-state index in [0.29, 0.717) is 12.1 Å². The number of methoxy groups -OCH3 is 3. The highest BCUT2D eigenvalue weighted by atomic mass is 28.4. The Hall–Kier alpha value is -0.0631. The maximum atomic E-state index is 6.04. The zero-order valence-electron chi connectivity index (χ0n) is 15.2. The van der Waals surface area contributed by atoms with Crippen molar-refractivity contribution >= 4 is 8.80 Å². The first-order valence-corrected chi connectivity index (χ1v) is 10.1. The van der Waals surface area contributed by atoms with Gasteiger partial charge in [-0.15, -0.1) is 0 Å². The Morgan fingerprint density at radius 2 is 1.30 bits per heavy atom. The summed E-state index contributed by atoms with van der Waals surface area (Å²) in [6.07, 6.45) is 2.17. The molecule has 0 aliphatic carbocycles. The van der Waals surface area contributed by atoms with Gasteiger partial charge in [-0.05, 0) is 33.6 Å². The second kappa shape index (κ2) is 10.7. The second-order valence-corrected chi connectivity index (χ2v) is 8.22. The molecule has 0 bridgehead atoms. The molecule has 1 heterocycles. The minimum atomic E-state index is -3.02. The summed E-state index contributed by atoms with van der Waals surface area (Å²) < 4.78 is 39.1. The summed E-state index contributed by atoms with van der Waals surface area (Å²) in [6, 6.07) is 0.675. The van der Waals surface area contributed by atoms with Gasteiger partial charge in [0.15, 0.2) is 0 Å². The fraction of sp³-hybridized carbons (Fsp3) is 1.00. The average molecular weight is 353 g/mol.